The zero-order valence-electron chi connectivity index (χ0n) is 14.7. The number of nitrogens with one attached hydrogen (secondary N) is 1. The molecule has 2 rings (SSSR count). The summed E-state index contributed by atoms with van der Waals surface area (Å²) >= 11 is 0. The number of nitrogens with zero attached hydrogens (tertiary/aromatic N) is 1. The average molecular weight is 346 g/mol. The van der Waals surface area contributed by atoms with E-state index in [-0.39, 0.29) is 6.42 Å². The van der Waals surface area contributed by atoms with Gasteiger partial charge in [0.2, 0.25) is 0 Å². The van der Waals surface area contributed by atoms with Gasteiger partial charge in [0.05, 0.1) is 11.8 Å². The molecule has 7 nitrogen and oxygen atoms in total. The third-order valence-electron chi connectivity index (χ3n) is 3.95. The molecule has 0 aliphatic rings. The molecule has 1 heterocycles. The molecular weight excluding hydrogens is 324 g/mol. The molecule has 0 bridgehead atoms. The van der Waals surface area contributed by atoms with Crippen molar-refractivity contribution >= 4 is 11.9 Å². The Bertz CT molecular complexity index is 744. The van der Waals surface area contributed by atoms with Crippen LogP contribution in [0.3, 0.4) is 0 Å². The Morgan fingerprint density at radius 3 is 2.12 bits per heavy atom. The fourth-order valence-corrected chi connectivity index (χ4v) is 2.84. The predicted octanol–water partition coefficient (Wildman–Crippen LogP) is 2.57. The Labute approximate surface area is 145 Å². The molecule has 0 unspecified atom stereocenters. The number of aliphatic carboxylic acids is 2. The van der Waals surface area contributed by atoms with E-state index in [0.29, 0.717) is 5.56 Å². The molecule has 0 fully saturated rings. The van der Waals surface area contributed by atoms with Gasteiger partial charge in [-0.25, -0.2) is 9.59 Å². The third kappa shape index (κ3) is 3.71. The van der Waals surface area contributed by atoms with Crippen LogP contribution in [0.15, 0.2) is 24.3 Å². The van der Waals surface area contributed by atoms with Crippen molar-refractivity contribution in [1.29, 1.82) is 0 Å². The van der Waals surface area contributed by atoms with Gasteiger partial charge in [-0.15, -0.1) is 0 Å². The van der Waals surface area contributed by atoms with Crippen LogP contribution in [0.25, 0.3) is 11.1 Å². The lowest BCUT2D eigenvalue weighted by molar-refractivity contribution is -0.188. The van der Waals surface area contributed by atoms with E-state index in [9.17, 15) is 19.8 Å². The quantitative estimate of drug-likeness (QED) is 0.664. The Kier molecular flexibility index (Phi) is 5.27. The smallest absolute Gasteiger partial charge is 0.348 e. The zero-order valence-corrected chi connectivity index (χ0v) is 14.7. The predicted molar refractivity (Wildman–Crippen MR) is 91.4 cm³/mol. The summed E-state index contributed by atoms with van der Waals surface area (Å²) in [5, 5.41) is 26.0. The van der Waals surface area contributed by atoms with Gasteiger partial charge >= 0.3 is 11.9 Å². The Balaban J connectivity index is 2.35. The number of hydrogen-bond donors (Lipinski definition) is 3. The van der Waals surface area contributed by atoms with Gasteiger partial charge in [-0.3, -0.25) is 5.10 Å². The number of aryl methyl sites for hydroxylation is 2. The van der Waals surface area contributed by atoms with Crippen LogP contribution < -0.4 is 0 Å². The zero-order chi connectivity index (χ0) is 18.8. The second-order valence-corrected chi connectivity index (χ2v) is 6.29. The second-order valence-electron chi connectivity index (χ2n) is 6.29. The molecule has 2 aromatic rings. The largest absolute Gasteiger partial charge is 0.479 e. The molecule has 0 aliphatic heterocycles. The lowest BCUT2D eigenvalue weighted by atomic mass is 9.92. The lowest BCUT2D eigenvalue weighted by Gasteiger charge is -2.27. The molecule has 0 atom stereocenters. The van der Waals surface area contributed by atoms with Crippen molar-refractivity contribution in [2.45, 2.75) is 45.8 Å². The standard InChI is InChI=1S/C18H22N2O5/c1-10(2)25-18(16(21)22,17(23)24)9-13-5-7-14(8-6-13)15-11(3)19-20-12(15)4/h5-8,10H,9H2,1-4H3,(H,19,20)(H,21,22)(H,23,24). The first-order chi connectivity index (χ1) is 11.7. The molecule has 0 spiro atoms. The van der Waals surface area contributed by atoms with E-state index < -0.39 is 23.6 Å². The fraction of sp³-hybridized carbons (Fsp3) is 0.389. The van der Waals surface area contributed by atoms with Crippen LogP contribution >= 0.6 is 0 Å². The summed E-state index contributed by atoms with van der Waals surface area (Å²) in [6.45, 7) is 7.02. The minimum Gasteiger partial charge on any atom is -0.479 e. The summed E-state index contributed by atoms with van der Waals surface area (Å²) in [5.41, 5.74) is 1.95. The van der Waals surface area contributed by atoms with E-state index in [4.69, 9.17) is 4.74 Å². The van der Waals surface area contributed by atoms with Crippen LogP contribution in [-0.2, 0) is 20.7 Å². The number of aromatic nitrogens is 2. The number of carboxylic acid groups (broad SMARTS) is 2. The van der Waals surface area contributed by atoms with Gasteiger partial charge in [-0.1, -0.05) is 24.3 Å². The minimum atomic E-state index is -2.31. The van der Waals surface area contributed by atoms with Gasteiger partial charge in [0.15, 0.2) is 0 Å². The van der Waals surface area contributed by atoms with E-state index in [0.717, 1.165) is 22.5 Å². The van der Waals surface area contributed by atoms with Crippen molar-refractivity contribution in [3.63, 3.8) is 0 Å². The molecule has 0 aliphatic carbocycles. The molecule has 1 aromatic heterocycles. The number of rotatable bonds is 7. The normalized spacial score (nSPS) is 11.7. The van der Waals surface area contributed by atoms with Crippen LogP contribution in [0.5, 0.6) is 0 Å². The van der Waals surface area contributed by atoms with Crippen LogP contribution in [0.4, 0.5) is 0 Å². The lowest BCUT2D eigenvalue weighted by Crippen LogP contribution is -2.52. The molecular formula is C18H22N2O5. The highest BCUT2D eigenvalue weighted by molar-refractivity contribution is 6.02. The SMILES string of the molecule is Cc1n[nH]c(C)c1-c1ccc(CC(OC(C)C)(C(=O)O)C(=O)O)cc1. The van der Waals surface area contributed by atoms with Crippen LogP contribution in [-0.4, -0.2) is 44.1 Å². The van der Waals surface area contributed by atoms with E-state index >= 15 is 0 Å². The molecule has 7 heteroatoms. The van der Waals surface area contributed by atoms with Gasteiger partial charge < -0.3 is 14.9 Å². The highest BCUT2D eigenvalue weighted by Gasteiger charge is 2.49. The molecule has 0 saturated carbocycles. The third-order valence-corrected chi connectivity index (χ3v) is 3.95. The summed E-state index contributed by atoms with van der Waals surface area (Å²) in [6.07, 6.45) is -0.804. The monoisotopic (exact) mass is 346 g/mol. The van der Waals surface area contributed by atoms with Gasteiger partial charge in [0.25, 0.3) is 5.60 Å². The van der Waals surface area contributed by atoms with Gasteiger partial charge in [0, 0.05) is 17.7 Å². The maximum atomic E-state index is 11.6. The Morgan fingerprint density at radius 2 is 1.72 bits per heavy atom. The summed E-state index contributed by atoms with van der Waals surface area (Å²) in [5.74, 6) is -3.03. The Hall–Kier alpha value is -2.67. The molecule has 3 N–H and O–H groups in total. The highest BCUT2D eigenvalue weighted by Crippen LogP contribution is 2.27. The van der Waals surface area contributed by atoms with Crippen LogP contribution in [0.2, 0.25) is 0 Å². The molecule has 0 amide bonds. The van der Waals surface area contributed by atoms with Crippen molar-refractivity contribution in [2.75, 3.05) is 0 Å². The number of carboxylic acids is 2. The van der Waals surface area contributed by atoms with Crippen molar-refractivity contribution < 1.29 is 24.5 Å². The highest BCUT2D eigenvalue weighted by atomic mass is 16.6. The molecule has 0 saturated heterocycles. The summed E-state index contributed by atoms with van der Waals surface area (Å²) in [7, 11) is 0. The molecule has 134 valence electrons. The van der Waals surface area contributed by atoms with E-state index in [1.807, 2.05) is 26.0 Å². The van der Waals surface area contributed by atoms with Gasteiger partial charge in [-0.05, 0) is 38.8 Å². The number of hydrogen-bond acceptors (Lipinski definition) is 4. The summed E-state index contributed by atoms with van der Waals surface area (Å²) in [4.78, 5) is 23.3. The molecule has 25 heavy (non-hydrogen) atoms. The van der Waals surface area contributed by atoms with Crippen LogP contribution in [0.1, 0.15) is 30.8 Å². The molecule has 0 radical (unpaired) electrons. The number of benzene rings is 1. The Morgan fingerprint density at radius 1 is 1.16 bits per heavy atom. The fourth-order valence-electron chi connectivity index (χ4n) is 2.84. The second kappa shape index (κ2) is 7.06. The number of ether oxygens (including phenoxy) is 1. The first-order valence-electron chi connectivity index (χ1n) is 7.93. The van der Waals surface area contributed by atoms with Crippen molar-refractivity contribution in [1.82, 2.24) is 10.2 Å². The van der Waals surface area contributed by atoms with E-state index in [2.05, 4.69) is 10.2 Å². The summed E-state index contributed by atoms with van der Waals surface area (Å²) < 4.78 is 5.29. The van der Waals surface area contributed by atoms with Crippen LogP contribution in [0, 0.1) is 13.8 Å². The minimum absolute atomic E-state index is 0.264. The summed E-state index contributed by atoms with van der Waals surface area (Å²) in [6, 6.07) is 7.07. The average Bonchev–Trinajstić information content (AvgIpc) is 2.85. The van der Waals surface area contributed by atoms with E-state index in [1.165, 1.54) is 0 Å². The van der Waals surface area contributed by atoms with Crippen molar-refractivity contribution in [2.24, 2.45) is 0 Å². The van der Waals surface area contributed by atoms with Crippen molar-refractivity contribution in [3.05, 3.63) is 41.2 Å². The number of carbonyl (C=O) groups is 2. The van der Waals surface area contributed by atoms with Gasteiger partial charge in [-0.2, -0.15) is 5.10 Å². The maximum Gasteiger partial charge on any atom is 0.348 e. The topological polar surface area (TPSA) is 113 Å². The number of H-pyrrole nitrogens is 1. The molecule has 1 aromatic carbocycles. The number of aromatic amines is 1. The first-order valence-corrected chi connectivity index (χ1v) is 7.93. The van der Waals surface area contributed by atoms with Gasteiger partial charge in [0.1, 0.15) is 0 Å². The maximum absolute atomic E-state index is 11.6. The van der Waals surface area contributed by atoms with E-state index in [1.54, 1.807) is 26.0 Å². The first kappa shape index (κ1) is 18.7. The van der Waals surface area contributed by atoms with Crippen molar-refractivity contribution in [3.8, 4) is 11.1 Å².